The van der Waals surface area contributed by atoms with Crippen molar-refractivity contribution >= 4 is 5.91 Å². The lowest BCUT2D eigenvalue weighted by molar-refractivity contribution is -0.160. The lowest BCUT2D eigenvalue weighted by Crippen LogP contribution is -2.39. The summed E-state index contributed by atoms with van der Waals surface area (Å²) < 4.78 is 42.4. The molecule has 0 aliphatic rings. The molecular formula is C15H15F3N4O2. The Bertz CT molecular complexity index is 686. The molecule has 2 heterocycles. The van der Waals surface area contributed by atoms with E-state index in [0.717, 1.165) is 0 Å². The molecule has 9 heteroatoms. The Kier molecular flexibility index (Phi) is 5.67. The van der Waals surface area contributed by atoms with Crippen LogP contribution in [0.1, 0.15) is 12.3 Å². The highest BCUT2D eigenvalue weighted by Crippen LogP contribution is 2.18. The van der Waals surface area contributed by atoms with Crippen LogP contribution in [0.25, 0.3) is 11.4 Å². The van der Waals surface area contributed by atoms with E-state index in [9.17, 15) is 18.0 Å². The highest BCUT2D eigenvalue weighted by Gasteiger charge is 2.32. The molecule has 6 nitrogen and oxygen atoms in total. The largest absolute Gasteiger partial charge is 0.406 e. The van der Waals surface area contributed by atoms with E-state index in [1.54, 1.807) is 24.5 Å². The summed E-state index contributed by atoms with van der Waals surface area (Å²) in [5.41, 5.74) is 0.691. The van der Waals surface area contributed by atoms with Crippen molar-refractivity contribution in [3.05, 3.63) is 43.1 Å². The van der Waals surface area contributed by atoms with E-state index in [4.69, 9.17) is 4.52 Å². The lowest BCUT2D eigenvalue weighted by atomic mass is 10.2. The topological polar surface area (TPSA) is 72.1 Å². The molecule has 0 bridgehead atoms. The number of carbonyl (C=O) groups is 1. The molecule has 0 unspecified atom stereocenters. The van der Waals surface area contributed by atoms with Gasteiger partial charge in [0.25, 0.3) is 0 Å². The molecule has 0 spiro atoms. The summed E-state index contributed by atoms with van der Waals surface area (Å²) in [5, 5.41) is 3.77. The molecule has 0 N–H and O–H groups in total. The van der Waals surface area contributed by atoms with E-state index in [2.05, 4.69) is 21.7 Å². The minimum atomic E-state index is -4.46. The number of rotatable bonds is 7. The van der Waals surface area contributed by atoms with Crippen LogP contribution in [-0.2, 0) is 11.2 Å². The fourth-order valence-electron chi connectivity index (χ4n) is 1.97. The number of aromatic nitrogens is 3. The number of aryl methyl sites for hydroxylation is 1. The lowest BCUT2D eigenvalue weighted by Gasteiger charge is -2.22. The molecule has 0 saturated carbocycles. The van der Waals surface area contributed by atoms with Gasteiger partial charge in [-0.15, -0.1) is 6.58 Å². The number of alkyl halides is 3. The van der Waals surface area contributed by atoms with Crippen LogP contribution in [-0.4, -0.2) is 45.2 Å². The van der Waals surface area contributed by atoms with Gasteiger partial charge in [0.05, 0.1) is 0 Å². The summed E-state index contributed by atoms with van der Waals surface area (Å²) in [7, 11) is 0. The van der Waals surface area contributed by atoms with Crippen molar-refractivity contribution < 1.29 is 22.5 Å². The van der Waals surface area contributed by atoms with Gasteiger partial charge in [-0.3, -0.25) is 9.78 Å². The molecular weight excluding hydrogens is 325 g/mol. The molecule has 2 aromatic heterocycles. The normalized spacial score (nSPS) is 11.3. The van der Waals surface area contributed by atoms with E-state index < -0.39 is 18.6 Å². The first kappa shape index (κ1) is 17.6. The Labute approximate surface area is 136 Å². The molecule has 0 atom stereocenters. The summed E-state index contributed by atoms with van der Waals surface area (Å²) >= 11 is 0. The highest BCUT2D eigenvalue weighted by molar-refractivity contribution is 5.76. The predicted molar refractivity (Wildman–Crippen MR) is 78.7 cm³/mol. The van der Waals surface area contributed by atoms with Gasteiger partial charge in [0.2, 0.25) is 17.6 Å². The van der Waals surface area contributed by atoms with Crippen molar-refractivity contribution in [3.63, 3.8) is 0 Å². The second kappa shape index (κ2) is 7.71. The Morgan fingerprint density at radius 3 is 2.67 bits per heavy atom. The zero-order valence-electron chi connectivity index (χ0n) is 12.7. The van der Waals surface area contributed by atoms with Crippen LogP contribution in [0, 0.1) is 0 Å². The molecule has 0 fully saturated rings. The molecule has 0 aliphatic heterocycles. The summed E-state index contributed by atoms with van der Waals surface area (Å²) in [4.78, 5) is 20.6. The average Bonchev–Trinajstić information content (AvgIpc) is 3.01. The Morgan fingerprint density at radius 2 is 2.04 bits per heavy atom. The van der Waals surface area contributed by atoms with Crippen molar-refractivity contribution in [3.8, 4) is 11.4 Å². The van der Waals surface area contributed by atoms with Gasteiger partial charge in [-0.05, 0) is 12.1 Å². The molecule has 2 rings (SSSR count). The first-order chi connectivity index (χ1) is 11.4. The fraction of sp³-hybridized carbons (Fsp3) is 0.333. The SMILES string of the molecule is C=CCN(CC(F)(F)F)C(=O)CCc1nc(-c2ccncc2)no1. The van der Waals surface area contributed by atoms with Crippen molar-refractivity contribution in [2.45, 2.75) is 19.0 Å². The van der Waals surface area contributed by atoms with Crippen molar-refractivity contribution in [2.75, 3.05) is 13.1 Å². The monoisotopic (exact) mass is 340 g/mol. The zero-order valence-corrected chi connectivity index (χ0v) is 12.7. The predicted octanol–water partition coefficient (Wildman–Crippen LogP) is 2.64. The van der Waals surface area contributed by atoms with Gasteiger partial charge in [0.15, 0.2) is 0 Å². The molecule has 1 amide bonds. The van der Waals surface area contributed by atoms with Crippen molar-refractivity contribution in [1.29, 1.82) is 0 Å². The van der Waals surface area contributed by atoms with Crippen LogP contribution >= 0.6 is 0 Å². The highest BCUT2D eigenvalue weighted by atomic mass is 19.4. The second-order valence-electron chi connectivity index (χ2n) is 4.93. The minimum absolute atomic E-state index is 0.0580. The van der Waals surface area contributed by atoms with Crippen LogP contribution < -0.4 is 0 Å². The van der Waals surface area contributed by atoms with E-state index in [1.807, 2.05) is 0 Å². The van der Waals surface area contributed by atoms with Crippen LogP contribution in [0.4, 0.5) is 13.2 Å². The summed E-state index contributed by atoms with van der Waals surface area (Å²) in [6.45, 7) is 1.87. The molecule has 0 saturated heterocycles. The van der Waals surface area contributed by atoms with E-state index >= 15 is 0 Å². The molecule has 0 radical (unpaired) electrons. The van der Waals surface area contributed by atoms with Gasteiger partial charge in [-0.1, -0.05) is 11.2 Å². The van der Waals surface area contributed by atoms with Gasteiger partial charge in [0.1, 0.15) is 6.54 Å². The Morgan fingerprint density at radius 1 is 1.33 bits per heavy atom. The first-order valence-corrected chi connectivity index (χ1v) is 7.07. The zero-order chi connectivity index (χ0) is 17.6. The van der Waals surface area contributed by atoms with Gasteiger partial charge < -0.3 is 9.42 Å². The quantitative estimate of drug-likeness (QED) is 0.725. The van der Waals surface area contributed by atoms with Crippen molar-refractivity contribution in [1.82, 2.24) is 20.0 Å². The minimum Gasteiger partial charge on any atom is -0.339 e. The van der Waals surface area contributed by atoms with Crippen LogP contribution in [0.5, 0.6) is 0 Å². The molecule has 128 valence electrons. The molecule has 2 aromatic rings. The number of carbonyl (C=O) groups excluding carboxylic acids is 1. The maximum atomic E-state index is 12.5. The van der Waals surface area contributed by atoms with Crippen molar-refractivity contribution in [2.24, 2.45) is 0 Å². The van der Waals surface area contributed by atoms with E-state index in [0.29, 0.717) is 16.3 Å². The summed E-state index contributed by atoms with van der Waals surface area (Å²) in [6, 6.07) is 3.38. The number of hydrogen-bond donors (Lipinski definition) is 0. The summed E-state index contributed by atoms with van der Waals surface area (Å²) in [5.74, 6) is -0.144. The fourth-order valence-corrected chi connectivity index (χ4v) is 1.97. The van der Waals surface area contributed by atoms with Crippen LogP contribution in [0.3, 0.4) is 0 Å². The maximum absolute atomic E-state index is 12.5. The Balaban J connectivity index is 1.95. The van der Waals surface area contributed by atoms with Gasteiger partial charge >= 0.3 is 6.18 Å². The third-order valence-corrected chi connectivity index (χ3v) is 3.03. The van der Waals surface area contributed by atoms with Gasteiger partial charge in [0, 0.05) is 37.3 Å². The summed E-state index contributed by atoms with van der Waals surface area (Å²) in [6.07, 6.45) is -0.182. The van der Waals surface area contributed by atoms with E-state index in [-0.39, 0.29) is 25.3 Å². The second-order valence-corrected chi connectivity index (χ2v) is 4.93. The average molecular weight is 340 g/mol. The first-order valence-electron chi connectivity index (χ1n) is 7.07. The molecule has 24 heavy (non-hydrogen) atoms. The van der Waals surface area contributed by atoms with Gasteiger partial charge in [-0.2, -0.15) is 18.2 Å². The third-order valence-electron chi connectivity index (χ3n) is 3.03. The Hall–Kier alpha value is -2.71. The van der Waals surface area contributed by atoms with Crippen LogP contribution in [0.2, 0.25) is 0 Å². The standard InChI is InChI=1S/C15H15F3N4O2/c1-2-9-22(10-15(16,17)18)13(23)4-3-12-20-14(21-24-12)11-5-7-19-8-6-11/h2,5-8H,1,3-4,9-10H2. The molecule has 0 aliphatic carbocycles. The van der Waals surface area contributed by atoms with Crippen LogP contribution in [0.15, 0.2) is 41.7 Å². The molecule has 0 aromatic carbocycles. The van der Waals surface area contributed by atoms with Gasteiger partial charge in [-0.25, -0.2) is 0 Å². The number of pyridine rings is 1. The number of nitrogens with zero attached hydrogens (tertiary/aromatic N) is 4. The van der Waals surface area contributed by atoms with E-state index in [1.165, 1.54) is 6.08 Å². The maximum Gasteiger partial charge on any atom is 0.406 e. The third kappa shape index (κ3) is 5.18. The number of hydrogen-bond acceptors (Lipinski definition) is 5. The smallest absolute Gasteiger partial charge is 0.339 e. The number of amides is 1. The number of halogens is 3.